The molecule has 0 aliphatic rings. The van der Waals surface area contributed by atoms with Crippen molar-refractivity contribution in [2.75, 3.05) is 0 Å². The van der Waals surface area contributed by atoms with Gasteiger partial charge in [-0.25, -0.2) is 0 Å². The van der Waals surface area contributed by atoms with Crippen molar-refractivity contribution in [3.63, 3.8) is 0 Å². The lowest BCUT2D eigenvalue weighted by atomic mass is 10.1. The molecule has 0 spiro atoms. The number of hydrogen-bond donors (Lipinski definition) is 0. The van der Waals surface area contributed by atoms with E-state index in [2.05, 4.69) is 31.9 Å². The second-order valence-electron chi connectivity index (χ2n) is 3.42. The highest BCUT2D eigenvalue weighted by Crippen LogP contribution is 2.33. The van der Waals surface area contributed by atoms with E-state index in [1.807, 2.05) is 24.3 Å². The summed E-state index contributed by atoms with van der Waals surface area (Å²) in [6.07, 6.45) is 0.332. The Morgan fingerprint density at radius 1 is 1.29 bits per heavy atom. The first kappa shape index (κ1) is 13.3. The van der Waals surface area contributed by atoms with Gasteiger partial charge in [-0.1, -0.05) is 29.8 Å². The molecule has 17 heavy (non-hydrogen) atoms. The maximum absolute atomic E-state index is 12.0. The maximum Gasteiger partial charge on any atom is 0.177 e. The van der Waals surface area contributed by atoms with Crippen molar-refractivity contribution in [2.24, 2.45) is 0 Å². The molecule has 88 valence electrons. The second kappa shape index (κ2) is 5.65. The summed E-state index contributed by atoms with van der Waals surface area (Å²) in [5, 5.41) is 0.635. The van der Waals surface area contributed by atoms with Gasteiger partial charge in [0.05, 0.1) is 8.66 Å². The highest BCUT2D eigenvalue weighted by atomic mass is 79.9. The fraction of sp³-hybridized carbons (Fsp3) is 0.0833. The number of thiophene rings is 1. The average Bonchev–Trinajstić information content (AvgIpc) is 2.63. The van der Waals surface area contributed by atoms with Crippen molar-refractivity contribution in [3.05, 3.63) is 54.1 Å². The Hall–Kier alpha value is -0.160. The zero-order chi connectivity index (χ0) is 12.4. The van der Waals surface area contributed by atoms with Crippen molar-refractivity contribution in [3.8, 4) is 0 Å². The first-order valence-corrected chi connectivity index (χ1v) is 7.57. The second-order valence-corrected chi connectivity index (χ2v) is 7.06. The first-order chi connectivity index (χ1) is 8.08. The normalized spacial score (nSPS) is 10.5. The van der Waals surface area contributed by atoms with Crippen molar-refractivity contribution in [1.82, 2.24) is 0 Å². The number of benzene rings is 1. The molecule has 0 unspecified atom stereocenters. The fourth-order valence-electron chi connectivity index (χ4n) is 1.39. The van der Waals surface area contributed by atoms with Crippen LogP contribution < -0.4 is 0 Å². The SMILES string of the molecule is O=C(Cc1ccccc1Cl)c1cc(Br)c(Br)s1. The molecule has 0 radical (unpaired) electrons. The molecule has 0 fully saturated rings. The zero-order valence-electron chi connectivity index (χ0n) is 8.54. The molecule has 5 heteroatoms. The van der Waals surface area contributed by atoms with Crippen LogP contribution in [-0.4, -0.2) is 5.78 Å². The number of halogens is 3. The van der Waals surface area contributed by atoms with Crippen molar-refractivity contribution >= 4 is 60.6 Å². The van der Waals surface area contributed by atoms with Gasteiger partial charge in [-0.3, -0.25) is 4.79 Å². The van der Waals surface area contributed by atoms with Gasteiger partial charge in [0, 0.05) is 15.9 Å². The predicted molar refractivity (Wildman–Crippen MR) is 79.2 cm³/mol. The van der Waals surface area contributed by atoms with Gasteiger partial charge >= 0.3 is 0 Å². The van der Waals surface area contributed by atoms with Crippen LogP contribution in [0.3, 0.4) is 0 Å². The van der Waals surface area contributed by atoms with E-state index in [4.69, 9.17) is 11.6 Å². The summed E-state index contributed by atoms with van der Waals surface area (Å²) >= 11 is 14.2. The number of hydrogen-bond acceptors (Lipinski definition) is 2. The van der Waals surface area contributed by atoms with Crippen LogP contribution in [0, 0.1) is 0 Å². The van der Waals surface area contributed by atoms with Crippen LogP contribution in [0.25, 0.3) is 0 Å². The molecule has 0 saturated heterocycles. The van der Waals surface area contributed by atoms with Gasteiger partial charge in [0.2, 0.25) is 0 Å². The fourth-order valence-corrected chi connectivity index (χ4v) is 3.56. The van der Waals surface area contributed by atoms with Gasteiger partial charge in [0.1, 0.15) is 0 Å². The number of carbonyl (C=O) groups excluding carboxylic acids is 1. The minimum absolute atomic E-state index is 0.0782. The molecule has 2 aromatic rings. The van der Waals surface area contributed by atoms with Gasteiger partial charge < -0.3 is 0 Å². The number of ketones is 1. The van der Waals surface area contributed by atoms with E-state index in [1.54, 1.807) is 6.07 Å². The minimum atomic E-state index is 0.0782. The molecular weight excluding hydrogens is 387 g/mol. The van der Waals surface area contributed by atoms with Crippen LogP contribution in [0.4, 0.5) is 0 Å². The van der Waals surface area contributed by atoms with E-state index in [9.17, 15) is 4.79 Å². The van der Waals surface area contributed by atoms with E-state index >= 15 is 0 Å². The van der Waals surface area contributed by atoms with E-state index in [1.165, 1.54) is 11.3 Å². The van der Waals surface area contributed by atoms with Crippen LogP contribution >= 0.6 is 54.8 Å². The molecule has 0 atom stereocenters. The lowest BCUT2D eigenvalue weighted by Gasteiger charge is -2.01. The first-order valence-electron chi connectivity index (χ1n) is 4.79. The highest BCUT2D eigenvalue weighted by Gasteiger charge is 2.13. The molecule has 1 aromatic heterocycles. The number of carbonyl (C=O) groups is 1. The van der Waals surface area contributed by atoms with E-state index in [-0.39, 0.29) is 5.78 Å². The third kappa shape index (κ3) is 3.19. The lowest BCUT2D eigenvalue weighted by molar-refractivity contribution is 0.0997. The van der Waals surface area contributed by atoms with Gasteiger partial charge in [-0.15, -0.1) is 11.3 Å². The van der Waals surface area contributed by atoms with E-state index in [0.717, 1.165) is 18.7 Å². The third-order valence-corrected chi connectivity index (χ3v) is 5.89. The quantitative estimate of drug-likeness (QED) is 0.641. The molecule has 0 aliphatic heterocycles. The molecule has 1 nitrogen and oxygen atoms in total. The minimum Gasteiger partial charge on any atom is -0.293 e. The van der Waals surface area contributed by atoms with Gasteiger partial charge in [-0.2, -0.15) is 0 Å². The highest BCUT2D eigenvalue weighted by molar-refractivity contribution is 9.13. The Morgan fingerprint density at radius 2 is 2.00 bits per heavy atom. The molecule has 0 bridgehead atoms. The van der Waals surface area contributed by atoms with Crippen molar-refractivity contribution in [1.29, 1.82) is 0 Å². The van der Waals surface area contributed by atoms with Crippen LogP contribution in [-0.2, 0) is 6.42 Å². The Kier molecular flexibility index (Phi) is 4.42. The lowest BCUT2D eigenvalue weighted by Crippen LogP contribution is -2.01. The Labute approximate surface area is 125 Å². The van der Waals surface area contributed by atoms with Crippen LogP contribution in [0.2, 0.25) is 5.02 Å². The predicted octanol–water partition coefficient (Wildman–Crippen LogP) is 5.35. The van der Waals surface area contributed by atoms with Crippen molar-refractivity contribution in [2.45, 2.75) is 6.42 Å². The number of Topliss-reactive ketones (excluding diaryl/α,β-unsaturated/α-hetero) is 1. The Morgan fingerprint density at radius 3 is 2.59 bits per heavy atom. The molecule has 1 heterocycles. The zero-order valence-corrected chi connectivity index (χ0v) is 13.3. The largest absolute Gasteiger partial charge is 0.293 e. The molecule has 0 amide bonds. The molecular formula is C12H7Br2ClOS. The average molecular weight is 395 g/mol. The third-order valence-electron chi connectivity index (χ3n) is 2.23. The Bertz CT molecular complexity index is 546. The summed E-state index contributed by atoms with van der Waals surface area (Å²) in [5.74, 6) is 0.0782. The summed E-state index contributed by atoms with van der Waals surface area (Å²) in [4.78, 5) is 12.8. The molecule has 1 aromatic carbocycles. The van der Waals surface area contributed by atoms with E-state index in [0.29, 0.717) is 11.4 Å². The molecule has 2 rings (SSSR count). The van der Waals surface area contributed by atoms with Gasteiger partial charge in [-0.05, 0) is 49.6 Å². The van der Waals surface area contributed by atoms with E-state index < -0.39 is 0 Å². The Balaban J connectivity index is 2.20. The molecule has 0 aliphatic carbocycles. The monoisotopic (exact) mass is 392 g/mol. The van der Waals surface area contributed by atoms with Crippen molar-refractivity contribution < 1.29 is 4.79 Å². The van der Waals surface area contributed by atoms with Crippen LogP contribution in [0.1, 0.15) is 15.2 Å². The smallest absolute Gasteiger partial charge is 0.177 e. The summed E-state index contributed by atoms with van der Waals surface area (Å²) in [6.45, 7) is 0. The molecule has 0 saturated carbocycles. The summed E-state index contributed by atoms with van der Waals surface area (Å²) in [5.41, 5.74) is 0.861. The van der Waals surface area contributed by atoms with Crippen LogP contribution in [0.15, 0.2) is 38.6 Å². The summed E-state index contributed by atoms with van der Waals surface area (Å²) in [6, 6.07) is 9.24. The van der Waals surface area contributed by atoms with Gasteiger partial charge in [0.25, 0.3) is 0 Å². The summed E-state index contributed by atoms with van der Waals surface area (Å²) < 4.78 is 1.84. The number of rotatable bonds is 3. The standard InChI is InChI=1S/C12H7Br2ClOS/c13-8-6-11(17-12(8)14)10(16)5-7-3-1-2-4-9(7)15/h1-4,6H,5H2. The van der Waals surface area contributed by atoms with Gasteiger partial charge in [0.15, 0.2) is 5.78 Å². The molecule has 0 N–H and O–H groups in total. The topological polar surface area (TPSA) is 17.1 Å². The van der Waals surface area contributed by atoms with Crippen LogP contribution in [0.5, 0.6) is 0 Å². The summed E-state index contributed by atoms with van der Waals surface area (Å²) in [7, 11) is 0. The maximum atomic E-state index is 12.0.